The average Bonchev–Trinajstić information content (AvgIpc) is 1.57. The minimum absolute atomic E-state index is 0.00137. The van der Waals surface area contributed by atoms with Crippen LogP contribution in [0, 0.1) is 5.92 Å². The normalized spacial score (nSPS) is 21.0. The maximum atomic E-state index is 15.4. The van der Waals surface area contributed by atoms with E-state index in [-0.39, 0.29) is 111 Å². The second-order valence-electron chi connectivity index (χ2n) is 39.0. The minimum atomic E-state index is -2.48. The van der Waals surface area contributed by atoms with Gasteiger partial charge in [0.15, 0.2) is 30.7 Å². The second-order valence-corrected chi connectivity index (χ2v) is 53.8. The fourth-order valence-electron chi connectivity index (χ4n) is 15.4. The molecule has 1 unspecified atom stereocenters. The molecular formula is C94H139ClN10O19Si3. The van der Waals surface area contributed by atoms with E-state index in [2.05, 4.69) is 136 Å². The number of aromatic nitrogens is 1. The summed E-state index contributed by atoms with van der Waals surface area (Å²) in [6.45, 7) is 37.2. The Balaban J connectivity index is 0.917. The van der Waals surface area contributed by atoms with E-state index in [0.717, 1.165) is 50.0 Å². The van der Waals surface area contributed by atoms with E-state index in [9.17, 15) is 38.7 Å². The number of halogens is 1. The van der Waals surface area contributed by atoms with Gasteiger partial charge in [0.2, 0.25) is 35.4 Å². The topological polar surface area (TPSA) is 312 Å². The van der Waals surface area contributed by atoms with Crippen LogP contribution >= 0.6 is 11.6 Å². The molecule has 3 N–H and O–H groups in total. The number of carbonyl (C=O) groups excluding carboxylic acids is 9. The summed E-state index contributed by atoms with van der Waals surface area (Å²) in [5.74, 6) is -4.63. The quantitative estimate of drug-likeness (QED) is 0.0113. The number of epoxide rings is 1. The van der Waals surface area contributed by atoms with Crippen LogP contribution in [0.4, 0.5) is 15.3 Å². The fourth-order valence-corrected chi connectivity index (χ4v) is 18.8. The highest BCUT2D eigenvalue weighted by Gasteiger charge is 2.65. The molecule has 2 fully saturated rings. The lowest BCUT2D eigenvalue weighted by Crippen LogP contribution is -2.63. The molecule has 5 aromatic rings. The van der Waals surface area contributed by atoms with Crippen molar-refractivity contribution in [1.82, 2.24) is 44.8 Å². The average molecular weight is 1830 g/mol. The summed E-state index contributed by atoms with van der Waals surface area (Å²) in [5.41, 5.74) is 4.70. The number of hydrogen-bond donors (Lipinski definition) is 3. The maximum Gasteiger partial charge on any atom is 0.424 e. The van der Waals surface area contributed by atoms with Crippen molar-refractivity contribution in [2.24, 2.45) is 5.92 Å². The van der Waals surface area contributed by atoms with E-state index in [0.29, 0.717) is 17.9 Å². The number of anilines is 1. The molecule has 3 aliphatic heterocycles. The minimum Gasteiger partial charge on any atom is -0.495 e. The third-order valence-corrected chi connectivity index (χ3v) is 41.1. The molecule has 9 rings (SSSR count). The number of ether oxygens (including phenoxy) is 6. The highest BCUT2D eigenvalue weighted by atomic mass is 35.5. The molecule has 0 spiro atoms. The first-order valence-electron chi connectivity index (χ1n) is 44.0. The standard InChI is InChI=1S/C94H139ClN10O19Si3/c1-62-33-32-40-77(117-19)94(115)56-76(122-88(113)97-94)63(2)86-93(13,124-86)78(55-81(108)100(16)74-52-65(51-62)53-75(116-18)85(74)95)123-87(112)64(3)99(15)80(107)42-43-102(45-48-119-125(20,21)90(4,5)6)83(110)59-104(47-50-121-127(24,25)92(10,11)12)84(111)60-103(46-49-120-126(22,23)91(7,8)9)82(109)57-96-79(106)41-44-105-67(54-66-34-26-31-39-73(66)105)58-98(14)101(17)89(114)118-61-72-70-37-29-27-35-68(70)69-36-28-30-38-71(69)72/h26-40,52-54,63-64,72,76-78,86,115H,41-51,55-61H2,1-25H3,(H,96,106)(H,97,113)/b40-32+,62-33+/t63-,64+,76+,77-,78+,86?,93+,94+/m1/s1. The summed E-state index contributed by atoms with van der Waals surface area (Å²) >= 11 is 6.98. The Morgan fingerprint density at radius 1 is 0.724 bits per heavy atom. The Morgan fingerprint density at radius 3 is 1.83 bits per heavy atom. The predicted molar refractivity (Wildman–Crippen MR) is 499 cm³/mol. The number of para-hydroxylation sites is 1. The van der Waals surface area contributed by atoms with Crippen LogP contribution in [0.25, 0.3) is 22.0 Å². The first kappa shape index (κ1) is 102. The van der Waals surface area contributed by atoms with Gasteiger partial charge in [0.1, 0.15) is 47.3 Å². The van der Waals surface area contributed by atoms with Gasteiger partial charge in [-0.3, -0.25) is 34.1 Å². The van der Waals surface area contributed by atoms with E-state index in [1.807, 2.05) is 72.2 Å². The number of methoxy groups -OCH3 is 2. The summed E-state index contributed by atoms with van der Waals surface area (Å²) in [4.78, 5) is 138. The van der Waals surface area contributed by atoms with Crippen molar-refractivity contribution in [3.63, 3.8) is 0 Å². The molecule has 8 amide bonds. The van der Waals surface area contributed by atoms with Crippen molar-refractivity contribution in [3.8, 4) is 16.9 Å². The van der Waals surface area contributed by atoms with Crippen molar-refractivity contribution >= 4 is 107 Å². The Hall–Kier alpha value is -8.81. The van der Waals surface area contributed by atoms with Gasteiger partial charge in [-0.05, 0) is 139 Å². The summed E-state index contributed by atoms with van der Waals surface area (Å²) in [5, 5.41) is 21.1. The Kier molecular flexibility index (Phi) is 33.7. The van der Waals surface area contributed by atoms with Gasteiger partial charge in [0, 0.05) is 110 Å². The van der Waals surface area contributed by atoms with E-state index in [1.165, 1.54) is 57.7 Å². The van der Waals surface area contributed by atoms with Crippen LogP contribution < -0.4 is 20.3 Å². The van der Waals surface area contributed by atoms with Crippen LogP contribution in [0.2, 0.25) is 59.4 Å². The lowest BCUT2D eigenvalue weighted by atomic mass is 9.83. The van der Waals surface area contributed by atoms with Gasteiger partial charge in [0.25, 0.3) is 0 Å². The number of nitrogens with zero attached hydrogens (tertiary/aromatic N) is 8. The number of nitrogens with one attached hydrogen (secondary N) is 2. The van der Waals surface area contributed by atoms with Crippen LogP contribution in [0.15, 0.2) is 115 Å². The molecule has 1 aliphatic carbocycles. The fraction of sp³-hybridized carbons (Fsp3) is 0.585. The molecule has 127 heavy (non-hydrogen) atoms. The summed E-state index contributed by atoms with van der Waals surface area (Å²) in [7, 11) is 1.93. The number of allylic oxidation sites excluding steroid dienone is 3. The highest BCUT2D eigenvalue weighted by molar-refractivity contribution is 6.75. The monoisotopic (exact) mass is 1830 g/mol. The number of aryl methyl sites for hydroxylation is 1. The molecule has 8 atom stereocenters. The molecule has 1 aromatic heterocycles. The van der Waals surface area contributed by atoms with Gasteiger partial charge in [-0.1, -0.05) is 171 Å². The largest absolute Gasteiger partial charge is 0.495 e. The molecule has 4 aromatic carbocycles. The van der Waals surface area contributed by atoms with Gasteiger partial charge >= 0.3 is 18.2 Å². The van der Waals surface area contributed by atoms with E-state index in [1.54, 1.807) is 64.3 Å². The van der Waals surface area contributed by atoms with E-state index < -0.39 is 152 Å². The van der Waals surface area contributed by atoms with Gasteiger partial charge in [-0.25, -0.2) is 24.4 Å². The Bertz CT molecular complexity index is 4800. The third-order valence-electron chi connectivity index (χ3n) is 27.1. The summed E-state index contributed by atoms with van der Waals surface area (Å²) < 4.78 is 58.2. The summed E-state index contributed by atoms with van der Waals surface area (Å²) in [6, 6.07) is 28.4. The van der Waals surface area contributed by atoms with Crippen LogP contribution in [-0.2, 0) is 90.0 Å². The maximum absolute atomic E-state index is 15.4. The SMILES string of the molecule is COc1cc2cc(c1Cl)N(C)C(=O)C[C@H](OC(=O)[C@H](C)N(C)C(=O)CCN(CCO[Si](C)(C)C(C)(C)C)C(=O)CN(CCO[Si](C)(C)C(C)(C)C)C(=O)CN(CCO[Si](C)(C)C(C)(C)C)C(=O)CNC(=O)CCn1c(CN(C)N(C)C(=O)OCC3c4ccccc4-c4ccccc43)cc3ccccc31)[C@]1(C)OC1[C@H](C)[C@@H]1C[C@@](O)(NC(=O)O1)[C@H](OC)/C=C/C=C(\C)C2. The number of esters is 1. The lowest BCUT2D eigenvalue weighted by molar-refractivity contribution is -0.162. The zero-order valence-corrected chi connectivity index (χ0v) is 83.2. The molecule has 0 radical (unpaired) electrons. The first-order valence-corrected chi connectivity index (χ1v) is 53.1. The molecule has 698 valence electrons. The number of aliphatic hydroxyl groups is 1. The first-order chi connectivity index (χ1) is 59.3. The van der Waals surface area contributed by atoms with Crippen molar-refractivity contribution in [2.75, 3.05) is 120 Å². The van der Waals surface area contributed by atoms with Crippen molar-refractivity contribution in [1.29, 1.82) is 0 Å². The van der Waals surface area contributed by atoms with E-state index >= 15 is 9.59 Å². The molecule has 4 bridgehead atoms. The molecular weight excluding hydrogens is 1690 g/mol. The molecule has 0 saturated carbocycles. The Labute approximate surface area is 759 Å². The molecule has 33 heteroatoms. The van der Waals surface area contributed by atoms with Crippen molar-refractivity contribution in [2.45, 2.75) is 237 Å². The second kappa shape index (κ2) is 42.0. The number of fused-ring (bicyclic) bond motifs is 9. The molecule has 4 aliphatic rings. The zero-order chi connectivity index (χ0) is 94.0. The van der Waals surface area contributed by atoms with Crippen LogP contribution in [0.1, 0.15) is 144 Å². The van der Waals surface area contributed by atoms with Gasteiger partial charge in [-0.2, -0.15) is 0 Å². The smallest absolute Gasteiger partial charge is 0.424 e. The highest BCUT2D eigenvalue weighted by Crippen LogP contribution is 2.51. The number of likely N-dealkylation sites (N-methyl/N-ethyl adjacent to an activating group) is 1. The zero-order valence-electron chi connectivity index (χ0n) is 79.4. The number of rotatable bonds is 34. The number of amides is 8. The molecule has 2 saturated heterocycles. The van der Waals surface area contributed by atoms with Crippen LogP contribution in [0.3, 0.4) is 0 Å². The third kappa shape index (κ3) is 25.0. The van der Waals surface area contributed by atoms with Crippen molar-refractivity contribution < 1.29 is 90.0 Å². The number of hydrazine groups is 1. The number of alkyl carbamates (subject to hydrolysis) is 1. The van der Waals surface area contributed by atoms with Gasteiger partial charge in [0.05, 0.1) is 71.3 Å². The number of hydrogen-bond acceptors (Lipinski definition) is 20. The van der Waals surface area contributed by atoms with Crippen LogP contribution in [-0.4, -0.2) is 274 Å². The number of benzene rings is 4. The van der Waals surface area contributed by atoms with Crippen LogP contribution in [0.5, 0.6) is 5.75 Å². The van der Waals surface area contributed by atoms with Crippen molar-refractivity contribution in [3.05, 3.63) is 142 Å². The lowest BCUT2D eigenvalue weighted by Gasteiger charge is -2.42. The molecule has 4 heterocycles. The number of carbonyl (C=O) groups is 9. The summed E-state index contributed by atoms with van der Waals surface area (Å²) in [6.07, 6.45) is -0.999. The van der Waals surface area contributed by atoms with Gasteiger partial charge in [-0.15, -0.1) is 0 Å². The predicted octanol–water partition coefficient (Wildman–Crippen LogP) is 13.8. The Morgan fingerprint density at radius 2 is 1.27 bits per heavy atom. The van der Waals surface area contributed by atoms with Gasteiger partial charge < -0.3 is 81.2 Å². The van der Waals surface area contributed by atoms with E-state index in [4.69, 9.17) is 53.3 Å². The molecule has 29 nitrogen and oxygen atoms in total.